The first-order valence-corrected chi connectivity index (χ1v) is 10.4. The van der Waals surface area contributed by atoms with Gasteiger partial charge in [0.15, 0.2) is 5.78 Å². The SMILES string of the molecule is O=C(c1ccccc1)C1CCN(Cc2csc(Cc3ccccc3)n2)CC1. The Morgan fingerprint density at radius 3 is 2.37 bits per heavy atom. The number of carbonyl (C=O) groups is 1. The van der Waals surface area contributed by atoms with E-state index in [0.29, 0.717) is 5.78 Å². The van der Waals surface area contributed by atoms with Crippen LogP contribution >= 0.6 is 11.3 Å². The van der Waals surface area contributed by atoms with Gasteiger partial charge in [-0.3, -0.25) is 9.69 Å². The molecule has 0 N–H and O–H groups in total. The van der Waals surface area contributed by atoms with Crippen molar-refractivity contribution in [2.75, 3.05) is 13.1 Å². The molecule has 27 heavy (non-hydrogen) atoms. The maximum absolute atomic E-state index is 12.6. The lowest BCUT2D eigenvalue weighted by Crippen LogP contribution is -2.36. The molecule has 0 atom stereocenters. The minimum Gasteiger partial charge on any atom is -0.297 e. The summed E-state index contributed by atoms with van der Waals surface area (Å²) >= 11 is 1.74. The van der Waals surface area contributed by atoms with Crippen molar-refractivity contribution in [1.29, 1.82) is 0 Å². The molecule has 4 rings (SSSR count). The maximum Gasteiger partial charge on any atom is 0.166 e. The highest BCUT2D eigenvalue weighted by molar-refractivity contribution is 7.09. The average Bonchev–Trinajstić information content (AvgIpc) is 3.16. The van der Waals surface area contributed by atoms with Gasteiger partial charge in [-0.2, -0.15) is 0 Å². The Hall–Kier alpha value is -2.30. The number of carbonyl (C=O) groups excluding carboxylic acids is 1. The summed E-state index contributed by atoms with van der Waals surface area (Å²) in [5.41, 5.74) is 3.30. The first-order valence-electron chi connectivity index (χ1n) is 9.57. The van der Waals surface area contributed by atoms with E-state index in [1.54, 1.807) is 11.3 Å². The molecule has 0 aliphatic carbocycles. The van der Waals surface area contributed by atoms with Crippen LogP contribution < -0.4 is 0 Å². The molecule has 1 saturated heterocycles. The summed E-state index contributed by atoms with van der Waals surface area (Å²) in [6.45, 7) is 2.82. The van der Waals surface area contributed by atoms with Gasteiger partial charge < -0.3 is 0 Å². The first-order chi connectivity index (χ1) is 13.3. The fraction of sp³-hybridized carbons (Fsp3) is 0.304. The highest BCUT2D eigenvalue weighted by Crippen LogP contribution is 2.23. The smallest absolute Gasteiger partial charge is 0.166 e. The van der Waals surface area contributed by atoms with Crippen LogP contribution in [0.15, 0.2) is 66.0 Å². The van der Waals surface area contributed by atoms with Crippen LogP contribution in [0.5, 0.6) is 0 Å². The minimum atomic E-state index is 0.160. The number of ketones is 1. The standard InChI is InChI=1S/C23H24N2OS/c26-23(19-9-5-2-6-10-19)20-11-13-25(14-12-20)16-21-17-27-22(24-21)15-18-7-3-1-4-8-18/h1-10,17,20H,11-16H2. The molecule has 2 aromatic carbocycles. The van der Waals surface area contributed by atoms with E-state index >= 15 is 0 Å². The number of hydrogen-bond acceptors (Lipinski definition) is 4. The Morgan fingerprint density at radius 1 is 1.00 bits per heavy atom. The molecule has 0 saturated carbocycles. The molecule has 138 valence electrons. The van der Waals surface area contributed by atoms with Crippen LogP contribution in [0.4, 0.5) is 0 Å². The van der Waals surface area contributed by atoms with E-state index < -0.39 is 0 Å². The van der Waals surface area contributed by atoms with Crippen molar-refractivity contribution < 1.29 is 4.79 Å². The van der Waals surface area contributed by atoms with Gasteiger partial charge in [0.1, 0.15) is 0 Å². The van der Waals surface area contributed by atoms with Crippen molar-refractivity contribution in [2.24, 2.45) is 5.92 Å². The lowest BCUT2D eigenvalue weighted by molar-refractivity contribution is 0.0834. The van der Waals surface area contributed by atoms with E-state index in [2.05, 4.69) is 34.5 Å². The summed E-state index contributed by atoms with van der Waals surface area (Å²) in [4.78, 5) is 19.9. The molecule has 1 fully saturated rings. The zero-order chi connectivity index (χ0) is 18.5. The van der Waals surface area contributed by atoms with Gasteiger partial charge in [-0.1, -0.05) is 60.7 Å². The zero-order valence-electron chi connectivity index (χ0n) is 15.4. The average molecular weight is 377 g/mol. The van der Waals surface area contributed by atoms with Crippen LogP contribution in [-0.4, -0.2) is 28.8 Å². The highest BCUT2D eigenvalue weighted by Gasteiger charge is 2.26. The third-order valence-corrected chi connectivity index (χ3v) is 6.10. The molecule has 0 bridgehead atoms. The molecule has 0 unspecified atom stereocenters. The summed E-state index contributed by atoms with van der Waals surface area (Å²) in [7, 11) is 0. The van der Waals surface area contributed by atoms with E-state index in [4.69, 9.17) is 4.98 Å². The van der Waals surface area contributed by atoms with E-state index in [0.717, 1.165) is 50.2 Å². The van der Waals surface area contributed by atoms with Crippen LogP contribution in [-0.2, 0) is 13.0 Å². The second-order valence-electron chi connectivity index (χ2n) is 7.18. The number of hydrogen-bond donors (Lipinski definition) is 0. The molecular weight excluding hydrogens is 352 g/mol. The summed E-state index contributed by atoms with van der Waals surface area (Å²) in [6, 6.07) is 20.2. The van der Waals surface area contributed by atoms with Crippen LogP contribution in [0, 0.1) is 5.92 Å². The Morgan fingerprint density at radius 2 is 1.67 bits per heavy atom. The minimum absolute atomic E-state index is 0.160. The number of Topliss-reactive ketones (excluding diaryl/α,β-unsaturated/α-hetero) is 1. The largest absolute Gasteiger partial charge is 0.297 e. The van der Waals surface area contributed by atoms with E-state index in [1.807, 2.05) is 36.4 Å². The van der Waals surface area contributed by atoms with Crippen molar-refractivity contribution >= 4 is 17.1 Å². The maximum atomic E-state index is 12.6. The monoisotopic (exact) mass is 376 g/mol. The lowest BCUT2D eigenvalue weighted by atomic mass is 9.89. The predicted molar refractivity (Wildman–Crippen MR) is 110 cm³/mol. The fourth-order valence-corrected chi connectivity index (χ4v) is 4.51. The number of piperidine rings is 1. The summed E-state index contributed by atoms with van der Waals surface area (Å²) in [6.07, 6.45) is 2.78. The van der Waals surface area contributed by atoms with E-state index in [9.17, 15) is 4.79 Å². The van der Waals surface area contributed by atoms with Crippen LogP contribution in [0.3, 0.4) is 0 Å². The van der Waals surface area contributed by atoms with Crippen molar-refractivity contribution in [1.82, 2.24) is 9.88 Å². The molecule has 1 aliphatic rings. The first kappa shape index (κ1) is 18.1. The second kappa shape index (κ2) is 8.59. The van der Waals surface area contributed by atoms with Crippen LogP contribution in [0.1, 0.15) is 39.5 Å². The Bertz CT molecular complexity index is 868. The fourth-order valence-electron chi connectivity index (χ4n) is 3.69. The summed E-state index contributed by atoms with van der Waals surface area (Å²) in [5, 5.41) is 3.35. The zero-order valence-corrected chi connectivity index (χ0v) is 16.2. The number of thiazole rings is 1. The predicted octanol–water partition coefficient (Wildman–Crippen LogP) is 4.83. The Labute approximate surface area is 164 Å². The number of nitrogens with zero attached hydrogens (tertiary/aromatic N) is 2. The molecule has 3 aromatic rings. The van der Waals surface area contributed by atoms with Crippen molar-refractivity contribution in [3.8, 4) is 0 Å². The molecule has 0 amide bonds. The molecule has 3 nitrogen and oxygen atoms in total. The molecule has 2 heterocycles. The molecular formula is C23H24N2OS. The number of rotatable bonds is 6. The van der Waals surface area contributed by atoms with Crippen molar-refractivity contribution in [3.05, 3.63) is 87.9 Å². The molecule has 1 aromatic heterocycles. The normalized spacial score (nSPS) is 15.7. The van der Waals surface area contributed by atoms with Crippen molar-refractivity contribution in [2.45, 2.75) is 25.8 Å². The van der Waals surface area contributed by atoms with E-state index in [-0.39, 0.29) is 5.92 Å². The van der Waals surface area contributed by atoms with Crippen LogP contribution in [0.25, 0.3) is 0 Å². The number of benzene rings is 2. The van der Waals surface area contributed by atoms with Crippen molar-refractivity contribution in [3.63, 3.8) is 0 Å². The lowest BCUT2D eigenvalue weighted by Gasteiger charge is -2.30. The highest BCUT2D eigenvalue weighted by atomic mass is 32.1. The van der Waals surface area contributed by atoms with Gasteiger partial charge in [-0.15, -0.1) is 11.3 Å². The molecule has 0 spiro atoms. The topological polar surface area (TPSA) is 33.2 Å². The number of aromatic nitrogens is 1. The summed E-state index contributed by atoms with van der Waals surface area (Å²) in [5.74, 6) is 0.460. The van der Waals surface area contributed by atoms with E-state index in [1.165, 1.54) is 10.6 Å². The van der Waals surface area contributed by atoms with Gasteiger partial charge in [0.05, 0.1) is 10.7 Å². The van der Waals surface area contributed by atoms with Gasteiger partial charge in [-0.05, 0) is 31.5 Å². The molecule has 0 radical (unpaired) electrons. The third kappa shape index (κ3) is 4.71. The van der Waals surface area contributed by atoms with Gasteiger partial charge in [0.25, 0.3) is 0 Å². The molecule has 1 aliphatic heterocycles. The molecule has 4 heteroatoms. The Kier molecular flexibility index (Phi) is 5.75. The van der Waals surface area contributed by atoms with Crippen LogP contribution in [0.2, 0.25) is 0 Å². The summed E-state index contributed by atoms with van der Waals surface area (Å²) < 4.78 is 0. The van der Waals surface area contributed by atoms with Gasteiger partial charge >= 0.3 is 0 Å². The number of likely N-dealkylation sites (tertiary alicyclic amines) is 1. The van der Waals surface area contributed by atoms with Gasteiger partial charge in [0.2, 0.25) is 0 Å². The van der Waals surface area contributed by atoms with Gasteiger partial charge in [0, 0.05) is 29.8 Å². The van der Waals surface area contributed by atoms with Gasteiger partial charge in [-0.25, -0.2) is 4.98 Å². The Balaban J connectivity index is 1.29. The quantitative estimate of drug-likeness (QED) is 0.578. The third-order valence-electron chi connectivity index (χ3n) is 5.20. The second-order valence-corrected chi connectivity index (χ2v) is 8.12.